The first-order valence-corrected chi connectivity index (χ1v) is 8.16. The average Bonchev–Trinajstić information content (AvgIpc) is 2.58. The Bertz CT molecular complexity index is 972. The number of esters is 1. The molecular weight excluding hydrogens is 338 g/mol. The van der Waals surface area contributed by atoms with E-state index in [1.54, 1.807) is 19.1 Å². The van der Waals surface area contributed by atoms with Gasteiger partial charge in [0.25, 0.3) is 5.56 Å². The first-order valence-electron chi connectivity index (χ1n) is 8.16. The molecule has 0 aliphatic rings. The molecule has 1 aromatic carbocycles. The molecule has 8 nitrogen and oxygen atoms in total. The Morgan fingerprint density at radius 3 is 2.58 bits per heavy atom. The fourth-order valence-corrected chi connectivity index (χ4v) is 2.54. The number of hydrogen-bond acceptors (Lipinski definition) is 6. The summed E-state index contributed by atoms with van der Waals surface area (Å²) in [5.74, 6) is -1.67. The number of nitrogens with two attached hydrogens (primary N) is 1. The maximum Gasteiger partial charge on any atom is 0.338 e. The summed E-state index contributed by atoms with van der Waals surface area (Å²) in [6.45, 7) is 5.01. The Labute approximate surface area is 149 Å². The third-order valence-corrected chi connectivity index (χ3v) is 3.91. The molecule has 0 bridgehead atoms. The van der Waals surface area contributed by atoms with Crippen LogP contribution < -0.4 is 17.0 Å². The molecule has 8 heteroatoms. The zero-order chi connectivity index (χ0) is 19.4. The number of anilines is 1. The van der Waals surface area contributed by atoms with E-state index in [4.69, 9.17) is 10.5 Å². The number of ether oxygens (including phenoxy) is 1. The van der Waals surface area contributed by atoms with Gasteiger partial charge in [0.2, 0.25) is 5.78 Å². The van der Waals surface area contributed by atoms with Crippen molar-refractivity contribution in [2.24, 2.45) is 0 Å². The van der Waals surface area contributed by atoms with E-state index >= 15 is 0 Å². The summed E-state index contributed by atoms with van der Waals surface area (Å²) in [6, 6.07) is 5.29. The van der Waals surface area contributed by atoms with Crippen LogP contribution in [0.3, 0.4) is 0 Å². The summed E-state index contributed by atoms with van der Waals surface area (Å²) in [4.78, 5) is 50.3. The lowest BCUT2D eigenvalue weighted by molar-refractivity contribution is 0.0473. The predicted molar refractivity (Wildman–Crippen MR) is 96.6 cm³/mol. The molecule has 138 valence electrons. The van der Waals surface area contributed by atoms with Crippen molar-refractivity contribution in [3.63, 3.8) is 0 Å². The van der Waals surface area contributed by atoms with Crippen molar-refractivity contribution in [2.75, 3.05) is 12.3 Å². The molecule has 1 aromatic heterocycles. The number of aryl methyl sites for hydroxylation is 2. The topological polar surface area (TPSA) is 124 Å². The molecule has 0 fully saturated rings. The van der Waals surface area contributed by atoms with Gasteiger partial charge in [-0.15, -0.1) is 0 Å². The number of benzene rings is 1. The molecule has 0 aliphatic carbocycles. The smallest absolute Gasteiger partial charge is 0.338 e. The number of nitrogen functional groups attached to an aromatic ring is 1. The lowest BCUT2D eigenvalue weighted by Gasteiger charge is -2.11. The third kappa shape index (κ3) is 3.90. The van der Waals surface area contributed by atoms with Gasteiger partial charge in [0.15, 0.2) is 6.61 Å². The van der Waals surface area contributed by atoms with Crippen LogP contribution in [0.2, 0.25) is 0 Å². The van der Waals surface area contributed by atoms with E-state index in [1.807, 2.05) is 19.9 Å². The van der Waals surface area contributed by atoms with E-state index in [0.717, 1.165) is 10.1 Å². The van der Waals surface area contributed by atoms with Crippen molar-refractivity contribution in [2.45, 2.75) is 33.7 Å². The fraction of sp³-hybridized carbons (Fsp3) is 0.333. The van der Waals surface area contributed by atoms with E-state index in [9.17, 15) is 19.2 Å². The van der Waals surface area contributed by atoms with Crippen LogP contribution in [0.4, 0.5) is 5.82 Å². The average molecular weight is 359 g/mol. The Hall–Kier alpha value is -3.16. The second-order valence-corrected chi connectivity index (χ2v) is 5.99. The quantitative estimate of drug-likeness (QED) is 0.589. The van der Waals surface area contributed by atoms with Gasteiger partial charge in [-0.25, -0.2) is 9.59 Å². The van der Waals surface area contributed by atoms with E-state index in [0.29, 0.717) is 17.5 Å². The summed E-state index contributed by atoms with van der Waals surface area (Å²) in [6.07, 6.45) is 0.589. The van der Waals surface area contributed by atoms with Crippen LogP contribution in [0.5, 0.6) is 0 Å². The van der Waals surface area contributed by atoms with E-state index in [-0.39, 0.29) is 17.9 Å². The monoisotopic (exact) mass is 359 g/mol. The van der Waals surface area contributed by atoms with Crippen LogP contribution in [0, 0.1) is 13.8 Å². The number of nitrogens with zero attached hydrogens (tertiary/aromatic N) is 1. The van der Waals surface area contributed by atoms with Gasteiger partial charge in [0.05, 0.1) is 5.56 Å². The predicted octanol–water partition coefficient (Wildman–Crippen LogP) is 1.19. The molecular formula is C18H21N3O5. The van der Waals surface area contributed by atoms with Crippen LogP contribution in [-0.4, -0.2) is 27.9 Å². The normalized spacial score (nSPS) is 10.6. The first-order chi connectivity index (χ1) is 12.3. The van der Waals surface area contributed by atoms with Crippen LogP contribution in [0.1, 0.15) is 45.2 Å². The molecule has 2 rings (SSSR count). The van der Waals surface area contributed by atoms with Gasteiger partial charge in [0, 0.05) is 6.54 Å². The number of aromatic amines is 1. The highest BCUT2D eigenvalue weighted by Gasteiger charge is 2.21. The Balaban J connectivity index is 2.24. The number of ketones is 1. The van der Waals surface area contributed by atoms with Crippen molar-refractivity contribution in [3.05, 3.63) is 61.3 Å². The van der Waals surface area contributed by atoms with Crippen molar-refractivity contribution in [1.82, 2.24) is 9.55 Å². The lowest BCUT2D eigenvalue weighted by Crippen LogP contribution is -2.37. The first kappa shape index (κ1) is 19.2. The van der Waals surface area contributed by atoms with Crippen molar-refractivity contribution < 1.29 is 14.3 Å². The summed E-state index contributed by atoms with van der Waals surface area (Å²) >= 11 is 0. The minimum Gasteiger partial charge on any atom is -0.454 e. The van der Waals surface area contributed by atoms with Gasteiger partial charge >= 0.3 is 11.7 Å². The molecule has 2 aromatic rings. The molecule has 0 unspecified atom stereocenters. The number of aromatic nitrogens is 2. The van der Waals surface area contributed by atoms with Gasteiger partial charge in [-0.1, -0.05) is 24.6 Å². The van der Waals surface area contributed by atoms with E-state index < -0.39 is 29.6 Å². The maximum atomic E-state index is 12.3. The highest BCUT2D eigenvalue weighted by Crippen LogP contribution is 2.13. The molecule has 0 atom stereocenters. The molecule has 0 aliphatic heterocycles. The standard InChI is InChI=1S/C18H21N3O5/c1-4-7-21-15(19)14(16(23)20-18(21)25)13(22)9-26-17(24)12-8-10(2)5-6-11(12)3/h5-6,8H,4,7,9,19H2,1-3H3,(H,20,23,25). The SMILES string of the molecule is CCCn1c(N)c(C(=O)COC(=O)c2cc(C)ccc2C)c(=O)[nH]c1=O. The second-order valence-electron chi connectivity index (χ2n) is 5.99. The number of H-pyrrole nitrogens is 1. The zero-order valence-corrected chi connectivity index (χ0v) is 14.9. The number of Topliss-reactive ketones (excluding diaryl/α,β-unsaturated/α-hetero) is 1. The van der Waals surface area contributed by atoms with Crippen LogP contribution in [0.25, 0.3) is 0 Å². The van der Waals surface area contributed by atoms with E-state index in [1.165, 1.54) is 0 Å². The highest BCUT2D eigenvalue weighted by molar-refractivity contribution is 6.02. The van der Waals surface area contributed by atoms with E-state index in [2.05, 4.69) is 4.98 Å². The molecule has 0 amide bonds. The molecule has 1 heterocycles. The maximum absolute atomic E-state index is 12.3. The zero-order valence-electron chi connectivity index (χ0n) is 14.9. The number of nitrogens with one attached hydrogen (secondary N) is 1. The number of carbonyl (C=O) groups excluding carboxylic acids is 2. The molecule has 0 saturated carbocycles. The summed E-state index contributed by atoms with van der Waals surface area (Å²) in [5, 5.41) is 0. The molecule has 26 heavy (non-hydrogen) atoms. The highest BCUT2D eigenvalue weighted by atomic mass is 16.5. The van der Waals surface area contributed by atoms with Crippen LogP contribution in [-0.2, 0) is 11.3 Å². The second kappa shape index (κ2) is 7.81. The van der Waals surface area contributed by atoms with Crippen LogP contribution in [0.15, 0.2) is 27.8 Å². The van der Waals surface area contributed by atoms with Gasteiger partial charge in [-0.2, -0.15) is 0 Å². The van der Waals surface area contributed by atoms with Crippen molar-refractivity contribution in [1.29, 1.82) is 0 Å². The molecule has 0 radical (unpaired) electrons. The third-order valence-electron chi connectivity index (χ3n) is 3.91. The van der Waals surface area contributed by atoms with Gasteiger partial charge < -0.3 is 10.5 Å². The molecule has 0 saturated heterocycles. The Morgan fingerprint density at radius 1 is 1.23 bits per heavy atom. The van der Waals surface area contributed by atoms with Crippen molar-refractivity contribution >= 4 is 17.6 Å². The van der Waals surface area contributed by atoms with Crippen molar-refractivity contribution in [3.8, 4) is 0 Å². The van der Waals surface area contributed by atoms with Gasteiger partial charge in [-0.3, -0.25) is 19.1 Å². The fourth-order valence-electron chi connectivity index (χ4n) is 2.54. The summed E-state index contributed by atoms with van der Waals surface area (Å²) in [5.41, 5.74) is 5.78. The Morgan fingerprint density at radius 2 is 1.92 bits per heavy atom. The molecule has 3 N–H and O–H groups in total. The Kier molecular flexibility index (Phi) is 5.76. The lowest BCUT2D eigenvalue weighted by atomic mass is 10.1. The van der Waals surface area contributed by atoms with Crippen LogP contribution >= 0.6 is 0 Å². The number of rotatable bonds is 6. The summed E-state index contributed by atoms with van der Waals surface area (Å²) < 4.78 is 6.15. The minimum atomic E-state index is -0.896. The number of hydrogen-bond donors (Lipinski definition) is 2. The van der Waals surface area contributed by atoms with Gasteiger partial charge in [-0.05, 0) is 31.9 Å². The molecule has 0 spiro atoms. The summed E-state index contributed by atoms with van der Waals surface area (Å²) in [7, 11) is 0. The number of carbonyl (C=O) groups is 2. The van der Waals surface area contributed by atoms with Gasteiger partial charge in [0.1, 0.15) is 11.4 Å². The minimum absolute atomic E-state index is 0.228. The largest absolute Gasteiger partial charge is 0.454 e.